The zero-order valence-electron chi connectivity index (χ0n) is 14.2. The first kappa shape index (κ1) is 20.2. The van der Waals surface area contributed by atoms with Gasteiger partial charge in [-0.05, 0) is 11.5 Å². The second-order valence-corrected chi connectivity index (χ2v) is 5.99. The zero-order valence-corrected chi connectivity index (χ0v) is 15.0. The molecule has 2 rings (SSSR count). The van der Waals surface area contributed by atoms with E-state index < -0.39 is 0 Å². The lowest BCUT2D eigenvalue weighted by Crippen LogP contribution is -3.00. The molecule has 2 atom stereocenters. The van der Waals surface area contributed by atoms with Gasteiger partial charge in [-0.2, -0.15) is 0 Å². The van der Waals surface area contributed by atoms with Gasteiger partial charge in [-0.3, -0.25) is 4.79 Å². The molecule has 5 nitrogen and oxygen atoms in total. The van der Waals surface area contributed by atoms with Gasteiger partial charge in [-0.15, -0.1) is 0 Å². The van der Waals surface area contributed by atoms with Crippen molar-refractivity contribution in [2.75, 3.05) is 6.61 Å². The predicted octanol–water partition coefficient (Wildman–Crippen LogP) is -1.65. The highest BCUT2D eigenvalue weighted by molar-refractivity contribution is 5.76. The Hall–Kier alpha value is -1.85. The lowest BCUT2D eigenvalue weighted by atomic mass is 10.00. The Bertz CT molecular complexity index is 616. The standard InChI is InChI=1S/C18H25N3O2.ClH/c1-3-15(2)17(13-22)19-18(23)12-21-10-9-20(14-21)11-16-7-5-4-6-8-16;/h4-10,14-15,17,22H,3,11-13H2,1-2H3;1H/t15?,17-;/m1./s1. The second kappa shape index (κ2) is 10.1. The van der Waals surface area contributed by atoms with Crippen LogP contribution in [0.2, 0.25) is 0 Å². The summed E-state index contributed by atoms with van der Waals surface area (Å²) in [5.74, 6) is 0.184. The van der Waals surface area contributed by atoms with E-state index in [1.165, 1.54) is 5.56 Å². The molecule has 6 heteroatoms. The van der Waals surface area contributed by atoms with Gasteiger partial charge in [0.05, 0.1) is 12.6 Å². The van der Waals surface area contributed by atoms with Crippen LogP contribution in [0.5, 0.6) is 0 Å². The first-order valence-electron chi connectivity index (χ1n) is 8.11. The van der Waals surface area contributed by atoms with Crippen molar-refractivity contribution >= 4 is 5.91 Å². The van der Waals surface area contributed by atoms with Gasteiger partial charge in [0.1, 0.15) is 18.9 Å². The SMILES string of the molecule is CCC(C)[C@@H](CO)NC(=O)Cn1cc[n+](Cc2ccccc2)c1.[Cl-]. The third-order valence-electron chi connectivity index (χ3n) is 4.15. The number of aliphatic hydroxyl groups is 1. The smallest absolute Gasteiger partial charge is 0.262 e. The molecule has 0 aliphatic carbocycles. The Kier molecular flexibility index (Phi) is 8.50. The van der Waals surface area contributed by atoms with Crippen molar-refractivity contribution in [3.8, 4) is 0 Å². The van der Waals surface area contributed by atoms with Crippen LogP contribution in [0.25, 0.3) is 0 Å². The summed E-state index contributed by atoms with van der Waals surface area (Å²) in [5.41, 5.74) is 1.22. The molecule has 2 aromatic rings. The number of carbonyl (C=O) groups excluding carboxylic acids is 1. The fraction of sp³-hybridized carbons (Fsp3) is 0.444. The molecular weight excluding hydrogens is 326 g/mol. The van der Waals surface area contributed by atoms with Crippen molar-refractivity contribution in [2.24, 2.45) is 5.92 Å². The molecule has 2 N–H and O–H groups in total. The van der Waals surface area contributed by atoms with Crippen LogP contribution >= 0.6 is 0 Å². The second-order valence-electron chi connectivity index (χ2n) is 5.99. The van der Waals surface area contributed by atoms with Gasteiger partial charge in [0, 0.05) is 0 Å². The quantitative estimate of drug-likeness (QED) is 0.560. The average Bonchev–Trinajstić information content (AvgIpc) is 2.99. The van der Waals surface area contributed by atoms with Crippen LogP contribution in [0.15, 0.2) is 49.1 Å². The maximum absolute atomic E-state index is 12.1. The van der Waals surface area contributed by atoms with E-state index in [9.17, 15) is 9.90 Å². The third-order valence-corrected chi connectivity index (χ3v) is 4.15. The summed E-state index contributed by atoms with van der Waals surface area (Å²) in [7, 11) is 0. The minimum Gasteiger partial charge on any atom is -1.00 e. The molecule has 1 amide bonds. The molecule has 132 valence electrons. The van der Waals surface area contributed by atoms with Gasteiger partial charge in [-0.25, -0.2) is 9.13 Å². The van der Waals surface area contributed by atoms with Gasteiger partial charge in [0.2, 0.25) is 6.33 Å². The van der Waals surface area contributed by atoms with Crippen LogP contribution < -0.4 is 22.3 Å². The topological polar surface area (TPSA) is 58.1 Å². The summed E-state index contributed by atoms with van der Waals surface area (Å²) < 4.78 is 3.89. The van der Waals surface area contributed by atoms with Crippen molar-refractivity contribution in [1.29, 1.82) is 0 Å². The summed E-state index contributed by atoms with van der Waals surface area (Å²) in [6.45, 7) is 5.10. The van der Waals surface area contributed by atoms with E-state index in [1.807, 2.05) is 53.0 Å². The van der Waals surface area contributed by atoms with E-state index in [0.717, 1.165) is 13.0 Å². The number of carbonyl (C=O) groups is 1. The summed E-state index contributed by atoms with van der Waals surface area (Å²) >= 11 is 0. The monoisotopic (exact) mass is 351 g/mol. The van der Waals surface area contributed by atoms with Crippen LogP contribution in [0, 0.1) is 5.92 Å². The first-order valence-corrected chi connectivity index (χ1v) is 8.11. The molecule has 0 radical (unpaired) electrons. The van der Waals surface area contributed by atoms with E-state index in [4.69, 9.17) is 0 Å². The van der Waals surface area contributed by atoms with E-state index >= 15 is 0 Å². The van der Waals surface area contributed by atoms with E-state index in [-0.39, 0.29) is 43.4 Å². The minimum atomic E-state index is -0.181. The molecule has 0 saturated heterocycles. The first-order chi connectivity index (χ1) is 11.1. The lowest BCUT2D eigenvalue weighted by molar-refractivity contribution is -0.687. The Morgan fingerprint density at radius 3 is 2.67 bits per heavy atom. The number of rotatable bonds is 8. The third kappa shape index (κ3) is 5.98. The largest absolute Gasteiger partial charge is 1.00 e. The molecule has 0 aliphatic heterocycles. The molecule has 0 fully saturated rings. The number of hydrogen-bond acceptors (Lipinski definition) is 2. The summed E-state index contributed by atoms with van der Waals surface area (Å²) in [4.78, 5) is 12.1. The number of aliphatic hydroxyl groups excluding tert-OH is 1. The molecule has 0 saturated carbocycles. The lowest BCUT2D eigenvalue weighted by Gasteiger charge is -2.21. The molecule has 1 unspecified atom stereocenters. The zero-order chi connectivity index (χ0) is 16.7. The normalized spacial score (nSPS) is 13.0. The Morgan fingerprint density at radius 2 is 2.04 bits per heavy atom. The van der Waals surface area contributed by atoms with Gasteiger partial charge in [0.15, 0.2) is 6.54 Å². The van der Waals surface area contributed by atoms with Crippen molar-refractivity contribution in [1.82, 2.24) is 9.88 Å². The van der Waals surface area contributed by atoms with Gasteiger partial charge in [-0.1, -0.05) is 50.6 Å². The number of nitrogens with one attached hydrogen (secondary N) is 1. The predicted molar refractivity (Wildman–Crippen MR) is 88.6 cm³/mol. The molecule has 1 aromatic carbocycles. The highest BCUT2D eigenvalue weighted by Gasteiger charge is 2.18. The number of hydrogen-bond donors (Lipinski definition) is 2. The van der Waals surface area contributed by atoms with Crippen molar-refractivity contribution in [3.05, 3.63) is 54.6 Å². The summed E-state index contributed by atoms with van der Waals surface area (Å²) in [5, 5.41) is 12.3. The molecule has 0 spiro atoms. The molecule has 24 heavy (non-hydrogen) atoms. The van der Waals surface area contributed by atoms with Gasteiger partial charge < -0.3 is 22.8 Å². The van der Waals surface area contributed by atoms with Crippen LogP contribution in [0.4, 0.5) is 0 Å². The Labute approximate surface area is 149 Å². The van der Waals surface area contributed by atoms with E-state index in [1.54, 1.807) is 0 Å². The Balaban J connectivity index is 0.00000288. The molecule has 1 aromatic heterocycles. The van der Waals surface area contributed by atoms with Crippen LogP contribution in [0.1, 0.15) is 25.8 Å². The number of imidazole rings is 1. The van der Waals surface area contributed by atoms with Gasteiger partial charge >= 0.3 is 0 Å². The molecule has 0 bridgehead atoms. The number of benzene rings is 1. The van der Waals surface area contributed by atoms with Crippen LogP contribution in [-0.4, -0.2) is 28.2 Å². The molecule has 1 heterocycles. The maximum atomic E-state index is 12.1. The van der Waals surface area contributed by atoms with Crippen molar-refractivity contribution in [2.45, 2.75) is 39.4 Å². The minimum absolute atomic E-state index is 0. The van der Waals surface area contributed by atoms with E-state index in [0.29, 0.717) is 0 Å². The van der Waals surface area contributed by atoms with Crippen molar-refractivity contribution < 1.29 is 26.9 Å². The number of amides is 1. The molecule has 0 aliphatic rings. The summed E-state index contributed by atoms with van der Waals surface area (Å²) in [6, 6.07) is 10.0. The fourth-order valence-electron chi connectivity index (χ4n) is 2.49. The number of aromatic nitrogens is 2. The number of nitrogens with zero attached hydrogens (tertiary/aromatic N) is 2. The van der Waals surface area contributed by atoms with Crippen molar-refractivity contribution in [3.63, 3.8) is 0 Å². The Morgan fingerprint density at radius 1 is 1.33 bits per heavy atom. The van der Waals surface area contributed by atoms with Gasteiger partial charge in [0.25, 0.3) is 5.91 Å². The van der Waals surface area contributed by atoms with Crippen LogP contribution in [-0.2, 0) is 17.9 Å². The number of halogens is 1. The fourth-order valence-corrected chi connectivity index (χ4v) is 2.49. The maximum Gasteiger partial charge on any atom is 0.262 e. The summed E-state index contributed by atoms with van der Waals surface area (Å²) in [6.07, 6.45) is 6.69. The average molecular weight is 352 g/mol. The highest BCUT2D eigenvalue weighted by atomic mass is 35.5. The molecular formula is C18H26ClN3O2. The van der Waals surface area contributed by atoms with E-state index in [2.05, 4.69) is 24.4 Å². The van der Waals surface area contributed by atoms with Crippen LogP contribution in [0.3, 0.4) is 0 Å². The highest BCUT2D eigenvalue weighted by Crippen LogP contribution is 2.06.